The van der Waals surface area contributed by atoms with E-state index < -0.39 is 0 Å². The molecule has 0 aromatic carbocycles. The molecule has 3 heteroatoms. The van der Waals surface area contributed by atoms with Gasteiger partial charge in [-0.15, -0.1) is 0 Å². The molecule has 2 N–H and O–H groups in total. The summed E-state index contributed by atoms with van der Waals surface area (Å²) in [7, 11) is 2.19. The number of rotatable bonds is 5. The van der Waals surface area contributed by atoms with Crippen molar-refractivity contribution in [3.05, 3.63) is 0 Å². The van der Waals surface area contributed by atoms with Crippen LogP contribution in [0, 0.1) is 5.41 Å². The molecule has 0 amide bonds. The van der Waals surface area contributed by atoms with E-state index >= 15 is 0 Å². The van der Waals surface area contributed by atoms with Crippen LogP contribution in [0.4, 0.5) is 0 Å². The molecule has 1 spiro atoms. The highest BCUT2D eigenvalue weighted by Crippen LogP contribution is 2.43. The molecule has 2 rings (SSSR count). The van der Waals surface area contributed by atoms with Crippen molar-refractivity contribution in [3.63, 3.8) is 0 Å². The molecule has 0 bridgehead atoms. The fraction of sp³-hybridized carbons (Fsp3) is 1.00. The molecule has 2 aliphatic rings. The largest absolute Gasteiger partial charge is 0.370 e. The standard InChI is InChI=1S/C15H30N2O/c1-14(2,11-16)12-17(3)10-13-6-9-15(18-13)7-4-5-8-15/h13H,4-12,16H2,1-3H3. The van der Waals surface area contributed by atoms with Crippen LogP contribution in [-0.2, 0) is 4.74 Å². The van der Waals surface area contributed by atoms with E-state index in [1.165, 1.54) is 38.5 Å². The molecule has 3 nitrogen and oxygen atoms in total. The zero-order valence-corrected chi connectivity index (χ0v) is 12.4. The molecule has 1 saturated carbocycles. The Morgan fingerprint density at radius 3 is 2.56 bits per heavy atom. The van der Waals surface area contributed by atoms with Crippen molar-refractivity contribution in [2.75, 3.05) is 26.7 Å². The molecule has 1 heterocycles. The van der Waals surface area contributed by atoms with Crippen LogP contribution in [0.3, 0.4) is 0 Å². The Bertz CT molecular complexity index is 272. The van der Waals surface area contributed by atoms with Gasteiger partial charge < -0.3 is 15.4 Å². The smallest absolute Gasteiger partial charge is 0.0710 e. The second-order valence-corrected chi connectivity index (χ2v) is 7.23. The van der Waals surface area contributed by atoms with E-state index in [0.29, 0.717) is 6.10 Å². The molecule has 1 unspecified atom stereocenters. The predicted octanol–water partition coefficient (Wildman–Crippen LogP) is 2.39. The highest BCUT2D eigenvalue weighted by Gasteiger charge is 2.42. The van der Waals surface area contributed by atoms with Gasteiger partial charge in [-0.25, -0.2) is 0 Å². The van der Waals surface area contributed by atoms with Gasteiger partial charge in [-0.3, -0.25) is 0 Å². The number of ether oxygens (including phenoxy) is 1. The topological polar surface area (TPSA) is 38.5 Å². The van der Waals surface area contributed by atoms with E-state index in [9.17, 15) is 0 Å². The first-order valence-corrected chi connectivity index (χ1v) is 7.51. The lowest BCUT2D eigenvalue weighted by Gasteiger charge is -2.31. The number of likely N-dealkylation sites (N-methyl/N-ethyl adjacent to an activating group) is 1. The third-order valence-corrected chi connectivity index (χ3v) is 4.62. The van der Waals surface area contributed by atoms with Crippen LogP contribution in [0.15, 0.2) is 0 Å². The first kappa shape index (κ1) is 14.3. The maximum Gasteiger partial charge on any atom is 0.0710 e. The molecule has 106 valence electrons. The molecular formula is C15H30N2O. The Kier molecular flexibility index (Phi) is 4.35. The minimum Gasteiger partial charge on any atom is -0.370 e. The van der Waals surface area contributed by atoms with Crippen molar-refractivity contribution in [1.29, 1.82) is 0 Å². The van der Waals surface area contributed by atoms with Gasteiger partial charge in [0.2, 0.25) is 0 Å². The summed E-state index contributed by atoms with van der Waals surface area (Å²) in [6.07, 6.45) is 8.29. The zero-order valence-electron chi connectivity index (χ0n) is 12.4. The Hall–Kier alpha value is -0.120. The summed E-state index contributed by atoms with van der Waals surface area (Å²) in [4.78, 5) is 2.39. The van der Waals surface area contributed by atoms with E-state index in [-0.39, 0.29) is 11.0 Å². The molecule has 1 saturated heterocycles. The van der Waals surface area contributed by atoms with E-state index in [1.807, 2.05) is 0 Å². The summed E-state index contributed by atoms with van der Waals surface area (Å²) in [6, 6.07) is 0. The molecule has 0 radical (unpaired) electrons. The van der Waals surface area contributed by atoms with E-state index in [2.05, 4.69) is 25.8 Å². The van der Waals surface area contributed by atoms with Gasteiger partial charge >= 0.3 is 0 Å². The van der Waals surface area contributed by atoms with E-state index in [0.717, 1.165) is 19.6 Å². The highest BCUT2D eigenvalue weighted by atomic mass is 16.5. The van der Waals surface area contributed by atoms with Crippen molar-refractivity contribution >= 4 is 0 Å². The lowest BCUT2D eigenvalue weighted by atomic mass is 9.93. The number of hydrogen-bond donors (Lipinski definition) is 1. The molecule has 0 aromatic heterocycles. The Balaban J connectivity index is 1.77. The molecule has 2 fully saturated rings. The maximum atomic E-state index is 6.36. The lowest BCUT2D eigenvalue weighted by molar-refractivity contribution is -0.0471. The summed E-state index contributed by atoms with van der Waals surface area (Å²) >= 11 is 0. The van der Waals surface area contributed by atoms with Crippen molar-refractivity contribution < 1.29 is 4.74 Å². The van der Waals surface area contributed by atoms with Crippen LogP contribution in [-0.4, -0.2) is 43.3 Å². The quantitative estimate of drug-likeness (QED) is 0.819. The van der Waals surface area contributed by atoms with Crippen LogP contribution < -0.4 is 5.73 Å². The number of nitrogens with two attached hydrogens (primary N) is 1. The normalized spacial score (nSPS) is 27.5. The van der Waals surface area contributed by atoms with Crippen LogP contribution in [0.5, 0.6) is 0 Å². The fourth-order valence-electron chi connectivity index (χ4n) is 3.62. The van der Waals surface area contributed by atoms with E-state index in [4.69, 9.17) is 10.5 Å². The van der Waals surface area contributed by atoms with E-state index in [1.54, 1.807) is 0 Å². The third-order valence-electron chi connectivity index (χ3n) is 4.62. The Morgan fingerprint density at radius 1 is 1.28 bits per heavy atom. The minimum absolute atomic E-state index is 0.207. The Morgan fingerprint density at radius 2 is 1.94 bits per heavy atom. The number of hydrogen-bond acceptors (Lipinski definition) is 3. The average molecular weight is 254 g/mol. The first-order valence-electron chi connectivity index (χ1n) is 7.51. The van der Waals surface area contributed by atoms with Crippen molar-refractivity contribution in [1.82, 2.24) is 4.90 Å². The maximum absolute atomic E-state index is 6.36. The second-order valence-electron chi connectivity index (χ2n) is 7.23. The molecule has 1 aliphatic carbocycles. The molecular weight excluding hydrogens is 224 g/mol. The molecule has 1 atom stereocenters. The van der Waals surface area contributed by atoms with Gasteiger partial charge in [0.25, 0.3) is 0 Å². The van der Waals surface area contributed by atoms with Gasteiger partial charge in [0.15, 0.2) is 0 Å². The van der Waals surface area contributed by atoms with Gasteiger partial charge in [-0.05, 0) is 44.7 Å². The summed E-state index contributed by atoms with van der Waals surface area (Å²) < 4.78 is 6.36. The first-order chi connectivity index (χ1) is 8.45. The number of nitrogens with zero attached hydrogens (tertiary/aromatic N) is 1. The van der Waals surface area contributed by atoms with Gasteiger partial charge in [0.05, 0.1) is 11.7 Å². The molecule has 0 aromatic rings. The van der Waals surface area contributed by atoms with Gasteiger partial charge in [0.1, 0.15) is 0 Å². The summed E-state index contributed by atoms with van der Waals surface area (Å²) in [5, 5.41) is 0. The van der Waals surface area contributed by atoms with Crippen molar-refractivity contribution in [3.8, 4) is 0 Å². The van der Waals surface area contributed by atoms with Crippen LogP contribution in [0.1, 0.15) is 52.4 Å². The monoisotopic (exact) mass is 254 g/mol. The minimum atomic E-state index is 0.207. The van der Waals surface area contributed by atoms with Crippen molar-refractivity contribution in [2.45, 2.75) is 64.1 Å². The van der Waals surface area contributed by atoms with Crippen LogP contribution in [0.2, 0.25) is 0 Å². The summed E-state index contributed by atoms with van der Waals surface area (Å²) in [5.74, 6) is 0. The fourth-order valence-corrected chi connectivity index (χ4v) is 3.62. The van der Waals surface area contributed by atoms with Crippen LogP contribution in [0.25, 0.3) is 0 Å². The average Bonchev–Trinajstić information content (AvgIpc) is 2.89. The highest BCUT2D eigenvalue weighted by molar-refractivity contribution is 4.93. The van der Waals surface area contributed by atoms with Gasteiger partial charge in [-0.1, -0.05) is 26.7 Å². The SMILES string of the molecule is CN(CC1CCC2(CCCC2)O1)CC(C)(C)CN. The van der Waals surface area contributed by atoms with Crippen molar-refractivity contribution in [2.24, 2.45) is 11.1 Å². The Labute approximate surface area is 112 Å². The second kappa shape index (κ2) is 5.48. The summed E-state index contributed by atoms with van der Waals surface area (Å²) in [5.41, 5.74) is 6.28. The van der Waals surface area contributed by atoms with Gasteiger partial charge in [0, 0.05) is 13.1 Å². The molecule has 1 aliphatic heterocycles. The predicted molar refractivity (Wildman–Crippen MR) is 75.6 cm³/mol. The zero-order chi connectivity index (χ0) is 13.2. The molecule has 18 heavy (non-hydrogen) atoms. The third kappa shape index (κ3) is 3.46. The van der Waals surface area contributed by atoms with Gasteiger partial charge in [-0.2, -0.15) is 0 Å². The van der Waals surface area contributed by atoms with Crippen LogP contribution >= 0.6 is 0 Å². The lowest BCUT2D eigenvalue weighted by Crippen LogP contribution is -2.40. The summed E-state index contributed by atoms with van der Waals surface area (Å²) in [6.45, 7) is 7.32.